The quantitative estimate of drug-likeness (QED) is 0.705. The lowest BCUT2D eigenvalue weighted by Gasteiger charge is -2.28. The lowest BCUT2D eigenvalue weighted by molar-refractivity contribution is 0.0753. The number of benzene rings is 2. The topological polar surface area (TPSA) is 79.0 Å². The number of sulfonamides is 1. The van der Waals surface area contributed by atoms with Gasteiger partial charge in [0.2, 0.25) is 10.0 Å². The van der Waals surface area contributed by atoms with Crippen LogP contribution >= 0.6 is 0 Å². The summed E-state index contributed by atoms with van der Waals surface area (Å²) in [5, 5.41) is 3.15. The zero-order valence-electron chi connectivity index (χ0n) is 16.6. The summed E-state index contributed by atoms with van der Waals surface area (Å²) in [7, 11) is -1.84. The van der Waals surface area contributed by atoms with Crippen LogP contribution in [0.25, 0.3) is 0 Å². The molecular formula is C21H27N3O4S. The minimum atomic E-state index is -3.42. The Kier molecular flexibility index (Phi) is 7.24. The van der Waals surface area contributed by atoms with E-state index in [-0.39, 0.29) is 18.2 Å². The second kappa shape index (κ2) is 9.87. The summed E-state index contributed by atoms with van der Waals surface area (Å²) in [5.74, 6) is 0.405. The molecule has 0 bridgehead atoms. The number of nitrogens with one attached hydrogen (secondary N) is 1. The molecule has 8 heteroatoms. The van der Waals surface area contributed by atoms with Gasteiger partial charge in [0.25, 0.3) is 5.91 Å². The number of nitrogens with zero attached hydrogens (tertiary/aromatic N) is 2. The van der Waals surface area contributed by atoms with Crippen molar-refractivity contribution in [1.82, 2.24) is 14.5 Å². The number of amides is 1. The van der Waals surface area contributed by atoms with Crippen LogP contribution in [-0.2, 0) is 16.6 Å². The van der Waals surface area contributed by atoms with Crippen LogP contribution in [0.15, 0.2) is 54.6 Å². The molecule has 156 valence electrons. The third kappa shape index (κ3) is 5.79. The first kappa shape index (κ1) is 21.3. The largest absolute Gasteiger partial charge is 0.497 e. The molecule has 3 rings (SSSR count). The second-order valence-corrected chi connectivity index (χ2v) is 9.00. The molecule has 29 heavy (non-hydrogen) atoms. The van der Waals surface area contributed by atoms with Gasteiger partial charge >= 0.3 is 0 Å². The van der Waals surface area contributed by atoms with E-state index in [9.17, 15) is 13.2 Å². The van der Waals surface area contributed by atoms with E-state index in [0.717, 1.165) is 5.56 Å². The van der Waals surface area contributed by atoms with E-state index in [2.05, 4.69) is 5.32 Å². The van der Waals surface area contributed by atoms with Crippen LogP contribution < -0.4 is 10.1 Å². The Labute approximate surface area is 172 Å². The fraction of sp³-hybridized carbons (Fsp3) is 0.381. The minimum absolute atomic E-state index is 0.102. The summed E-state index contributed by atoms with van der Waals surface area (Å²) in [6, 6.07) is 16.4. The Morgan fingerprint density at radius 2 is 1.83 bits per heavy atom. The smallest absolute Gasteiger partial charge is 0.254 e. The van der Waals surface area contributed by atoms with E-state index in [1.807, 2.05) is 30.3 Å². The predicted molar refractivity (Wildman–Crippen MR) is 112 cm³/mol. The maximum Gasteiger partial charge on any atom is 0.254 e. The Balaban J connectivity index is 1.77. The Morgan fingerprint density at radius 1 is 1.10 bits per heavy atom. The van der Waals surface area contributed by atoms with Crippen molar-refractivity contribution in [1.29, 1.82) is 0 Å². The van der Waals surface area contributed by atoms with Crippen LogP contribution in [0.1, 0.15) is 15.9 Å². The van der Waals surface area contributed by atoms with E-state index < -0.39 is 10.0 Å². The first-order chi connectivity index (χ1) is 14.0. The molecule has 0 radical (unpaired) electrons. The van der Waals surface area contributed by atoms with E-state index >= 15 is 0 Å². The van der Waals surface area contributed by atoms with E-state index in [4.69, 9.17) is 4.74 Å². The number of carbonyl (C=O) groups excluding carboxylic acids is 1. The van der Waals surface area contributed by atoms with Gasteiger partial charge in [-0.05, 0) is 29.8 Å². The molecular weight excluding hydrogens is 390 g/mol. The molecule has 0 unspecified atom stereocenters. The van der Waals surface area contributed by atoms with Gasteiger partial charge in [0.15, 0.2) is 0 Å². The van der Waals surface area contributed by atoms with Gasteiger partial charge in [-0.15, -0.1) is 0 Å². The molecule has 2 aromatic rings. The highest BCUT2D eigenvalue weighted by molar-refractivity contribution is 7.89. The molecule has 7 nitrogen and oxygen atoms in total. The van der Waals surface area contributed by atoms with Gasteiger partial charge in [-0.2, -0.15) is 4.31 Å². The molecule has 0 aromatic heterocycles. The molecule has 1 saturated heterocycles. The lowest BCUT2D eigenvalue weighted by Crippen LogP contribution is -2.48. The Bertz CT molecular complexity index is 913. The fourth-order valence-electron chi connectivity index (χ4n) is 3.28. The van der Waals surface area contributed by atoms with Gasteiger partial charge in [0, 0.05) is 44.8 Å². The zero-order valence-corrected chi connectivity index (χ0v) is 17.4. The molecule has 0 aliphatic carbocycles. The van der Waals surface area contributed by atoms with Gasteiger partial charge < -0.3 is 15.0 Å². The number of rotatable bonds is 8. The molecule has 0 atom stereocenters. The van der Waals surface area contributed by atoms with Crippen LogP contribution in [-0.4, -0.2) is 69.1 Å². The minimum Gasteiger partial charge on any atom is -0.497 e. The first-order valence-corrected chi connectivity index (χ1v) is 11.3. The highest BCUT2D eigenvalue weighted by Gasteiger charge is 2.26. The maximum absolute atomic E-state index is 13.1. The molecule has 1 N–H and O–H groups in total. The van der Waals surface area contributed by atoms with E-state index in [1.54, 1.807) is 36.3 Å². The number of ether oxygens (including phenoxy) is 1. The van der Waals surface area contributed by atoms with E-state index in [0.29, 0.717) is 44.0 Å². The molecule has 0 saturated carbocycles. The summed E-state index contributed by atoms with van der Waals surface area (Å²) >= 11 is 0. The van der Waals surface area contributed by atoms with Crippen molar-refractivity contribution in [2.75, 3.05) is 45.6 Å². The molecule has 1 aliphatic heterocycles. The summed E-state index contributed by atoms with van der Waals surface area (Å²) < 4.78 is 32.2. The van der Waals surface area contributed by atoms with Crippen LogP contribution in [0.5, 0.6) is 5.75 Å². The average molecular weight is 418 g/mol. The van der Waals surface area contributed by atoms with Crippen LogP contribution in [0.4, 0.5) is 0 Å². The highest BCUT2D eigenvalue weighted by atomic mass is 32.2. The Hall–Kier alpha value is -2.42. The fourth-order valence-corrected chi connectivity index (χ4v) is 4.73. The standard InChI is InChI=1S/C21H27N3O4S/c1-28-20-9-5-6-18(16-20)17-23(21(25)19-7-3-2-4-8-19)14-15-29(26,27)24-12-10-22-11-13-24/h2-9,16,22H,10-15,17H2,1H3. The highest BCUT2D eigenvalue weighted by Crippen LogP contribution is 2.16. The van der Waals surface area contributed by atoms with Crippen molar-refractivity contribution in [2.24, 2.45) is 0 Å². The van der Waals surface area contributed by atoms with Gasteiger partial charge in [-0.1, -0.05) is 30.3 Å². The average Bonchev–Trinajstić information content (AvgIpc) is 2.77. The number of hydrogen-bond donors (Lipinski definition) is 1. The molecule has 1 amide bonds. The number of hydrogen-bond acceptors (Lipinski definition) is 5. The SMILES string of the molecule is COc1cccc(CN(CCS(=O)(=O)N2CCNCC2)C(=O)c2ccccc2)c1. The zero-order chi connectivity index (χ0) is 20.7. The third-order valence-electron chi connectivity index (χ3n) is 4.90. The third-order valence-corrected chi connectivity index (χ3v) is 6.75. The van der Waals surface area contributed by atoms with Crippen LogP contribution in [0.2, 0.25) is 0 Å². The molecule has 1 heterocycles. The summed E-state index contributed by atoms with van der Waals surface area (Å²) in [6.07, 6.45) is 0. The lowest BCUT2D eigenvalue weighted by atomic mass is 10.1. The number of methoxy groups -OCH3 is 1. The van der Waals surface area contributed by atoms with Crippen molar-refractivity contribution < 1.29 is 17.9 Å². The molecule has 1 fully saturated rings. The van der Waals surface area contributed by atoms with E-state index in [1.165, 1.54) is 4.31 Å². The number of carbonyl (C=O) groups is 1. The summed E-state index contributed by atoms with van der Waals surface area (Å²) in [5.41, 5.74) is 1.42. The normalized spacial score (nSPS) is 15.1. The second-order valence-electron chi connectivity index (χ2n) is 6.91. The van der Waals surface area contributed by atoms with Crippen molar-refractivity contribution in [3.05, 3.63) is 65.7 Å². The van der Waals surface area contributed by atoms with Gasteiger partial charge in [0.1, 0.15) is 5.75 Å². The monoisotopic (exact) mass is 417 g/mol. The van der Waals surface area contributed by atoms with Crippen molar-refractivity contribution in [2.45, 2.75) is 6.54 Å². The molecule has 1 aliphatic rings. The van der Waals surface area contributed by atoms with Crippen LogP contribution in [0.3, 0.4) is 0 Å². The van der Waals surface area contributed by atoms with Gasteiger partial charge in [-0.3, -0.25) is 4.79 Å². The van der Waals surface area contributed by atoms with Crippen molar-refractivity contribution in [3.63, 3.8) is 0 Å². The Morgan fingerprint density at radius 3 is 2.52 bits per heavy atom. The van der Waals surface area contributed by atoms with Gasteiger partial charge in [-0.25, -0.2) is 8.42 Å². The first-order valence-electron chi connectivity index (χ1n) is 9.65. The van der Waals surface area contributed by atoms with Crippen molar-refractivity contribution in [3.8, 4) is 5.75 Å². The summed E-state index contributed by atoms with van der Waals surface area (Å²) in [4.78, 5) is 14.7. The van der Waals surface area contributed by atoms with Gasteiger partial charge in [0.05, 0.1) is 12.9 Å². The van der Waals surface area contributed by atoms with Crippen molar-refractivity contribution >= 4 is 15.9 Å². The summed E-state index contributed by atoms with van der Waals surface area (Å²) in [6.45, 7) is 2.65. The maximum atomic E-state index is 13.1. The predicted octanol–water partition coefficient (Wildman–Crippen LogP) is 1.57. The number of piperazine rings is 1. The molecule has 2 aromatic carbocycles. The van der Waals surface area contributed by atoms with Crippen LogP contribution in [0, 0.1) is 0 Å². The molecule has 0 spiro atoms.